The molecular formula is C15H20N4O2S. The maximum atomic E-state index is 5.56. The number of aromatic amines is 1. The van der Waals surface area contributed by atoms with Crippen LogP contribution in [-0.2, 0) is 0 Å². The zero-order valence-electron chi connectivity index (χ0n) is 13.2. The predicted octanol–water partition coefficient (Wildman–Crippen LogP) is 3.35. The van der Waals surface area contributed by atoms with Crippen molar-refractivity contribution in [3.63, 3.8) is 0 Å². The first-order valence-corrected chi connectivity index (χ1v) is 7.50. The van der Waals surface area contributed by atoms with Crippen molar-refractivity contribution >= 4 is 18.4 Å². The summed E-state index contributed by atoms with van der Waals surface area (Å²) in [7, 11) is 1.61. The Labute approximate surface area is 134 Å². The van der Waals surface area contributed by atoms with Gasteiger partial charge in [-0.25, -0.2) is 0 Å². The summed E-state index contributed by atoms with van der Waals surface area (Å²) in [6.07, 6.45) is 1.69. The largest absolute Gasteiger partial charge is 0.492 e. The number of hydrogen-bond acceptors (Lipinski definition) is 5. The molecule has 1 N–H and O–H groups in total. The molecule has 0 bridgehead atoms. The van der Waals surface area contributed by atoms with Crippen LogP contribution in [0.15, 0.2) is 23.3 Å². The van der Waals surface area contributed by atoms with E-state index in [2.05, 4.69) is 15.3 Å². The summed E-state index contributed by atoms with van der Waals surface area (Å²) in [5.41, 5.74) is 0.811. The molecule has 22 heavy (non-hydrogen) atoms. The molecule has 2 rings (SSSR count). The molecule has 2 aromatic rings. The van der Waals surface area contributed by atoms with E-state index in [1.54, 1.807) is 18.0 Å². The van der Waals surface area contributed by atoms with Gasteiger partial charge in [0.05, 0.1) is 19.9 Å². The molecule has 0 aliphatic heterocycles. The summed E-state index contributed by atoms with van der Waals surface area (Å²) in [4.78, 5) is 0. The van der Waals surface area contributed by atoms with Gasteiger partial charge in [-0.1, -0.05) is 19.9 Å². The van der Waals surface area contributed by atoms with Crippen LogP contribution in [0.4, 0.5) is 0 Å². The highest BCUT2D eigenvalue weighted by atomic mass is 32.1. The van der Waals surface area contributed by atoms with Crippen molar-refractivity contribution in [3.8, 4) is 11.5 Å². The number of para-hydroxylation sites is 1. The molecule has 0 aliphatic rings. The van der Waals surface area contributed by atoms with E-state index in [0.717, 1.165) is 11.4 Å². The Bertz CT molecular complexity index is 719. The van der Waals surface area contributed by atoms with Crippen LogP contribution in [0.1, 0.15) is 38.1 Å². The van der Waals surface area contributed by atoms with Crippen molar-refractivity contribution in [2.24, 2.45) is 5.10 Å². The first-order chi connectivity index (χ1) is 10.6. The quantitative estimate of drug-likeness (QED) is 0.655. The minimum Gasteiger partial charge on any atom is -0.492 e. The molecule has 0 aliphatic carbocycles. The van der Waals surface area contributed by atoms with Gasteiger partial charge in [0.15, 0.2) is 17.3 Å². The van der Waals surface area contributed by atoms with Crippen molar-refractivity contribution in [2.75, 3.05) is 13.7 Å². The minimum absolute atomic E-state index is 0.210. The van der Waals surface area contributed by atoms with Crippen LogP contribution in [0, 0.1) is 4.77 Å². The number of hydrogen-bond donors (Lipinski definition) is 1. The first kappa shape index (κ1) is 16.2. The fourth-order valence-electron chi connectivity index (χ4n) is 2.03. The SMILES string of the molecule is CCOc1cccc(/C=N\n2c(C(C)C)n[nH]c2=S)c1OC. The molecule has 7 heteroatoms. The average Bonchev–Trinajstić information content (AvgIpc) is 2.86. The predicted molar refractivity (Wildman–Crippen MR) is 88.7 cm³/mol. The number of nitrogens with one attached hydrogen (secondary N) is 1. The molecule has 0 spiro atoms. The zero-order valence-corrected chi connectivity index (χ0v) is 14.0. The van der Waals surface area contributed by atoms with Crippen LogP contribution in [0.2, 0.25) is 0 Å². The van der Waals surface area contributed by atoms with E-state index in [-0.39, 0.29) is 5.92 Å². The maximum absolute atomic E-state index is 5.56. The average molecular weight is 320 g/mol. The maximum Gasteiger partial charge on any atom is 0.216 e. The van der Waals surface area contributed by atoms with Gasteiger partial charge in [-0.15, -0.1) is 0 Å². The van der Waals surface area contributed by atoms with Crippen LogP contribution < -0.4 is 9.47 Å². The Morgan fingerprint density at radius 2 is 2.23 bits per heavy atom. The normalized spacial score (nSPS) is 11.3. The monoisotopic (exact) mass is 320 g/mol. The Morgan fingerprint density at radius 3 is 2.86 bits per heavy atom. The van der Waals surface area contributed by atoms with E-state index in [1.165, 1.54) is 0 Å². The highest BCUT2D eigenvalue weighted by Gasteiger charge is 2.11. The lowest BCUT2D eigenvalue weighted by atomic mass is 10.2. The fourth-order valence-corrected chi connectivity index (χ4v) is 2.22. The molecule has 1 aromatic heterocycles. The third kappa shape index (κ3) is 3.36. The van der Waals surface area contributed by atoms with Gasteiger partial charge in [-0.3, -0.25) is 5.10 Å². The second kappa shape index (κ2) is 7.22. The molecule has 0 saturated carbocycles. The second-order valence-electron chi connectivity index (χ2n) is 4.91. The topological polar surface area (TPSA) is 64.4 Å². The molecule has 0 fully saturated rings. The van der Waals surface area contributed by atoms with E-state index >= 15 is 0 Å². The molecule has 0 saturated heterocycles. The van der Waals surface area contributed by atoms with E-state index in [4.69, 9.17) is 21.7 Å². The van der Waals surface area contributed by atoms with Gasteiger partial charge < -0.3 is 9.47 Å². The summed E-state index contributed by atoms with van der Waals surface area (Å²) >= 11 is 5.21. The van der Waals surface area contributed by atoms with E-state index in [0.29, 0.717) is 22.9 Å². The summed E-state index contributed by atoms with van der Waals surface area (Å²) in [5, 5.41) is 11.4. The molecule has 118 valence electrons. The van der Waals surface area contributed by atoms with Crippen molar-refractivity contribution in [3.05, 3.63) is 34.4 Å². The second-order valence-corrected chi connectivity index (χ2v) is 5.30. The van der Waals surface area contributed by atoms with Crippen LogP contribution in [0.25, 0.3) is 0 Å². The van der Waals surface area contributed by atoms with E-state index < -0.39 is 0 Å². The molecule has 0 atom stereocenters. The number of methoxy groups -OCH3 is 1. The highest BCUT2D eigenvalue weighted by Crippen LogP contribution is 2.30. The molecular weight excluding hydrogens is 300 g/mol. The number of H-pyrrole nitrogens is 1. The number of aromatic nitrogens is 3. The molecule has 1 heterocycles. The van der Waals surface area contributed by atoms with Gasteiger partial charge >= 0.3 is 0 Å². The smallest absolute Gasteiger partial charge is 0.216 e. The molecule has 1 aromatic carbocycles. The standard InChI is InChI=1S/C15H20N4O2S/c1-5-21-12-8-6-7-11(13(12)20-4)9-16-19-14(10(2)3)17-18-15(19)22/h6-10H,5H2,1-4H3,(H,18,22)/b16-9-. The zero-order chi connectivity index (χ0) is 16.1. The van der Waals surface area contributed by atoms with Gasteiger partial charge in [-0.05, 0) is 31.3 Å². The van der Waals surface area contributed by atoms with Gasteiger partial charge in [0.2, 0.25) is 4.77 Å². The van der Waals surface area contributed by atoms with Crippen molar-refractivity contribution < 1.29 is 9.47 Å². The number of rotatable bonds is 6. The molecule has 0 radical (unpaired) electrons. The third-order valence-electron chi connectivity index (χ3n) is 3.02. The number of benzene rings is 1. The van der Waals surface area contributed by atoms with E-state index in [9.17, 15) is 0 Å². The summed E-state index contributed by atoms with van der Waals surface area (Å²) in [6.45, 7) is 6.57. The summed E-state index contributed by atoms with van der Waals surface area (Å²) in [5.74, 6) is 2.32. The molecule has 0 amide bonds. The van der Waals surface area contributed by atoms with Crippen LogP contribution >= 0.6 is 12.2 Å². The Balaban J connectivity index is 2.41. The number of nitrogens with zero attached hydrogens (tertiary/aromatic N) is 3. The Kier molecular flexibility index (Phi) is 5.32. The van der Waals surface area contributed by atoms with Crippen LogP contribution in [0.5, 0.6) is 11.5 Å². The molecule has 0 unspecified atom stereocenters. The lowest BCUT2D eigenvalue weighted by molar-refractivity contribution is 0.310. The lowest BCUT2D eigenvalue weighted by Crippen LogP contribution is -2.02. The molecule has 6 nitrogen and oxygen atoms in total. The van der Waals surface area contributed by atoms with Gasteiger partial charge in [-0.2, -0.15) is 14.9 Å². The third-order valence-corrected chi connectivity index (χ3v) is 3.28. The van der Waals surface area contributed by atoms with Gasteiger partial charge in [0.25, 0.3) is 0 Å². The fraction of sp³-hybridized carbons (Fsp3) is 0.400. The van der Waals surface area contributed by atoms with Crippen molar-refractivity contribution in [1.29, 1.82) is 0 Å². The highest BCUT2D eigenvalue weighted by molar-refractivity contribution is 7.71. The van der Waals surface area contributed by atoms with Crippen LogP contribution in [0.3, 0.4) is 0 Å². The number of ether oxygens (including phenoxy) is 2. The van der Waals surface area contributed by atoms with Gasteiger partial charge in [0, 0.05) is 11.5 Å². The van der Waals surface area contributed by atoms with Crippen LogP contribution in [-0.4, -0.2) is 34.8 Å². The minimum atomic E-state index is 0.210. The van der Waals surface area contributed by atoms with E-state index in [1.807, 2.05) is 39.0 Å². The summed E-state index contributed by atoms with van der Waals surface area (Å²) < 4.78 is 13.1. The van der Waals surface area contributed by atoms with Crippen molar-refractivity contribution in [1.82, 2.24) is 14.9 Å². The van der Waals surface area contributed by atoms with Gasteiger partial charge in [0.1, 0.15) is 0 Å². The summed E-state index contributed by atoms with van der Waals surface area (Å²) in [6, 6.07) is 5.67. The Morgan fingerprint density at radius 1 is 1.45 bits per heavy atom. The Hall–Kier alpha value is -2.15. The first-order valence-electron chi connectivity index (χ1n) is 7.10. The lowest BCUT2D eigenvalue weighted by Gasteiger charge is -2.11. The van der Waals surface area contributed by atoms with Crippen molar-refractivity contribution in [2.45, 2.75) is 26.7 Å².